The number of carbonyl (C=O) groups excluding carboxylic acids is 1. The molecule has 1 amide bonds. The van der Waals surface area contributed by atoms with Crippen LogP contribution in [-0.4, -0.2) is 46.1 Å². The lowest BCUT2D eigenvalue weighted by Gasteiger charge is -2.23. The summed E-state index contributed by atoms with van der Waals surface area (Å²) in [6.45, 7) is 4.13. The molecule has 0 fully saturated rings. The van der Waals surface area contributed by atoms with Crippen molar-refractivity contribution in [3.05, 3.63) is 24.3 Å². The first kappa shape index (κ1) is 34.8. The highest BCUT2D eigenvalue weighted by Gasteiger charge is 2.23. The van der Waals surface area contributed by atoms with Crippen LogP contribution in [0.15, 0.2) is 24.3 Å². The molecule has 0 aromatic carbocycles. The minimum Gasteiger partial charge on any atom is -0.394 e. The first-order valence-corrected chi connectivity index (χ1v) is 15.1. The molecule has 36 heavy (non-hydrogen) atoms. The van der Waals surface area contributed by atoms with Gasteiger partial charge in [-0.25, -0.2) is 0 Å². The highest BCUT2D eigenvalue weighted by atomic mass is 16.3. The average molecular weight is 510 g/mol. The van der Waals surface area contributed by atoms with Crippen molar-refractivity contribution in [1.82, 2.24) is 5.32 Å². The molecule has 0 aliphatic rings. The van der Waals surface area contributed by atoms with E-state index in [1.54, 1.807) is 0 Å². The molecule has 0 spiro atoms. The molecule has 3 atom stereocenters. The Kier molecular flexibility index (Phi) is 26.0. The Morgan fingerprint density at radius 2 is 1.19 bits per heavy atom. The van der Waals surface area contributed by atoms with Crippen molar-refractivity contribution in [2.24, 2.45) is 0 Å². The number of nitrogens with one attached hydrogen (secondary N) is 1. The summed E-state index contributed by atoms with van der Waals surface area (Å²) in [5.41, 5.74) is 0. The van der Waals surface area contributed by atoms with Gasteiger partial charge in [-0.1, -0.05) is 134 Å². The normalized spacial score (nSPS) is 14.5. The Morgan fingerprint density at radius 1 is 0.694 bits per heavy atom. The van der Waals surface area contributed by atoms with E-state index in [2.05, 4.69) is 31.3 Å². The molecule has 0 saturated heterocycles. The Bertz CT molecular complexity index is 535. The lowest BCUT2D eigenvalue weighted by Crippen LogP contribution is -2.49. The molecule has 0 aromatic heterocycles. The maximum Gasteiger partial charge on any atom is 0.249 e. The predicted molar refractivity (Wildman–Crippen MR) is 153 cm³/mol. The molecule has 0 rings (SSSR count). The summed E-state index contributed by atoms with van der Waals surface area (Å²) < 4.78 is 0. The third-order valence-corrected chi connectivity index (χ3v) is 6.83. The lowest BCUT2D eigenvalue weighted by molar-refractivity contribution is -0.131. The van der Waals surface area contributed by atoms with Crippen LogP contribution in [0.25, 0.3) is 0 Å². The molecule has 0 saturated carbocycles. The molecule has 3 unspecified atom stereocenters. The van der Waals surface area contributed by atoms with Crippen molar-refractivity contribution < 1.29 is 20.1 Å². The van der Waals surface area contributed by atoms with Gasteiger partial charge in [-0.2, -0.15) is 0 Å². The fourth-order valence-corrected chi connectivity index (χ4v) is 4.35. The standard InChI is InChI=1S/C31H59NO4/c1-3-5-7-9-11-13-15-16-18-20-22-24-26-30(35)31(36)32-28(27-33)29(34)25-23-21-19-17-14-12-10-8-6-4-2/h16,18,22,24,28-30,33-35H,3-15,17,19-21,23,25-27H2,1-2H3,(H,32,36)/b18-16-,24-22-. The number of unbranched alkanes of at least 4 members (excludes halogenated alkanes) is 15. The summed E-state index contributed by atoms with van der Waals surface area (Å²) >= 11 is 0. The average Bonchev–Trinajstić information content (AvgIpc) is 2.88. The molecule has 0 aliphatic carbocycles. The van der Waals surface area contributed by atoms with E-state index in [1.807, 2.05) is 12.2 Å². The Labute approximate surface area is 222 Å². The lowest BCUT2D eigenvalue weighted by atomic mass is 10.0. The molecule has 0 radical (unpaired) electrons. The second-order valence-corrected chi connectivity index (χ2v) is 10.3. The minimum absolute atomic E-state index is 0.226. The summed E-state index contributed by atoms with van der Waals surface area (Å²) in [4.78, 5) is 12.3. The zero-order chi connectivity index (χ0) is 26.7. The van der Waals surface area contributed by atoms with Crippen molar-refractivity contribution in [3.8, 4) is 0 Å². The third kappa shape index (κ3) is 22.1. The topological polar surface area (TPSA) is 89.8 Å². The van der Waals surface area contributed by atoms with E-state index in [4.69, 9.17) is 0 Å². The van der Waals surface area contributed by atoms with Crippen LogP contribution in [0.3, 0.4) is 0 Å². The quantitative estimate of drug-likeness (QED) is 0.0737. The largest absolute Gasteiger partial charge is 0.394 e. The number of amides is 1. The van der Waals surface area contributed by atoms with Crippen molar-refractivity contribution in [2.45, 2.75) is 161 Å². The summed E-state index contributed by atoms with van der Waals surface area (Å²) in [5, 5.41) is 32.7. The van der Waals surface area contributed by atoms with E-state index in [-0.39, 0.29) is 13.0 Å². The van der Waals surface area contributed by atoms with Crippen molar-refractivity contribution in [2.75, 3.05) is 6.61 Å². The predicted octanol–water partition coefficient (Wildman–Crippen LogP) is 7.14. The fraction of sp³-hybridized carbons (Fsp3) is 0.839. The van der Waals surface area contributed by atoms with Gasteiger partial charge < -0.3 is 20.6 Å². The zero-order valence-corrected chi connectivity index (χ0v) is 23.6. The number of aliphatic hydroxyl groups is 3. The molecule has 0 bridgehead atoms. The van der Waals surface area contributed by atoms with Crippen molar-refractivity contribution in [3.63, 3.8) is 0 Å². The van der Waals surface area contributed by atoms with Crippen LogP contribution in [0.4, 0.5) is 0 Å². The minimum atomic E-state index is -1.17. The second-order valence-electron chi connectivity index (χ2n) is 10.3. The smallest absolute Gasteiger partial charge is 0.249 e. The number of carbonyl (C=O) groups is 1. The van der Waals surface area contributed by atoms with E-state index in [1.165, 1.54) is 83.5 Å². The monoisotopic (exact) mass is 509 g/mol. The Hall–Kier alpha value is -1.17. The Balaban J connectivity index is 3.89. The van der Waals surface area contributed by atoms with Crippen LogP contribution in [0, 0.1) is 0 Å². The van der Waals surface area contributed by atoms with Gasteiger partial charge in [0.1, 0.15) is 6.10 Å². The maximum absolute atomic E-state index is 12.3. The molecular weight excluding hydrogens is 450 g/mol. The number of aliphatic hydroxyl groups excluding tert-OH is 3. The highest BCUT2D eigenvalue weighted by molar-refractivity contribution is 5.81. The van der Waals surface area contributed by atoms with Gasteiger partial charge in [-0.05, 0) is 25.7 Å². The zero-order valence-electron chi connectivity index (χ0n) is 23.6. The summed E-state index contributed by atoms with van der Waals surface area (Å²) in [6.07, 6.45) is 28.8. The number of hydrogen-bond donors (Lipinski definition) is 4. The highest BCUT2D eigenvalue weighted by Crippen LogP contribution is 2.13. The van der Waals surface area contributed by atoms with Gasteiger partial charge in [0, 0.05) is 6.42 Å². The first-order chi connectivity index (χ1) is 17.6. The van der Waals surface area contributed by atoms with Gasteiger partial charge >= 0.3 is 0 Å². The SMILES string of the molecule is CCCCCCCC/C=C\C/C=C\CC(O)C(=O)NC(CO)C(O)CCCCCCCCCCCC. The van der Waals surface area contributed by atoms with Gasteiger partial charge in [0.05, 0.1) is 18.8 Å². The van der Waals surface area contributed by atoms with Gasteiger partial charge in [0.15, 0.2) is 0 Å². The van der Waals surface area contributed by atoms with Gasteiger partial charge in [0.2, 0.25) is 5.91 Å². The Morgan fingerprint density at radius 3 is 1.75 bits per heavy atom. The van der Waals surface area contributed by atoms with E-state index < -0.39 is 24.2 Å². The van der Waals surface area contributed by atoms with Crippen LogP contribution in [0.2, 0.25) is 0 Å². The van der Waals surface area contributed by atoms with E-state index >= 15 is 0 Å². The maximum atomic E-state index is 12.3. The number of rotatable bonds is 26. The van der Waals surface area contributed by atoms with Gasteiger partial charge in [-0.15, -0.1) is 0 Å². The fourth-order valence-electron chi connectivity index (χ4n) is 4.35. The molecule has 5 heteroatoms. The molecule has 0 heterocycles. The molecule has 5 nitrogen and oxygen atoms in total. The van der Waals surface area contributed by atoms with Crippen LogP contribution < -0.4 is 5.32 Å². The van der Waals surface area contributed by atoms with Gasteiger partial charge in [-0.3, -0.25) is 4.79 Å². The summed E-state index contributed by atoms with van der Waals surface area (Å²) in [5.74, 6) is -0.542. The molecule has 4 N–H and O–H groups in total. The molecule has 212 valence electrons. The first-order valence-electron chi connectivity index (χ1n) is 15.1. The second kappa shape index (κ2) is 26.9. The number of allylic oxidation sites excluding steroid dienone is 3. The van der Waals surface area contributed by atoms with Crippen LogP contribution in [0.1, 0.15) is 142 Å². The van der Waals surface area contributed by atoms with Crippen LogP contribution >= 0.6 is 0 Å². The van der Waals surface area contributed by atoms with E-state index in [0.717, 1.165) is 32.1 Å². The van der Waals surface area contributed by atoms with Crippen LogP contribution in [-0.2, 0) is 4.79 Å². The molecule has 0 aromatic rings. The molecule has 0 aliphatic heterocycles. The van der Waals surface area contributed by atoms with Crippen molar-refractivity contribution >= 4 is 5.91 Å². The van der Waals surface area contributed by atoms with Crippen LogP contribution in [0.5, 0.6) is 0 Å². The van der Waals surface area contributed by atoms with E-state index in [0.29, 0.717) is 6.42 Å². The summed E-state index contributed by atoms with van der Waals surface area (Å²) in [6, 6.07) is -0.736. The number of hydrogen-bond acceptors (Lipinski definition) is 4. The van der Waals surface area contributed by atoms with E-state index in [9.17, 15) is 20.1 Å². The van der Waals surface area contributed by atoms with Crippen molar-refractivity contribution in [1.29, 1.82) is 0 Å². The molecular formula is C31H59NO4. The summed E-state index contributed by atoms with van der Waals surface area (Å²) in [7, 11) is 0. The van der Waals surface area contributed by atoms with Gasteiger partial charge in [0.25, 0.3) is 0 Å². The third-order valence-electron chi connectivity index (χ3n) is 6.83.